The molecular formula is C30H39BClN3O4. The molecular weight excluding hydrogens is 513 g/mol. The fourth-order valence-electron chi connectivity index (χ4n) is 6.80. The third kappa shape index (κ3) is 5.75. The number of nitrogens with zero attached hydrogens (tertiary/aromatic N) is 1. The second kappa shape index (κ2) is 10.9. The first-order valence-corrected chi connectivity index (χ1v) is 14.4. The van der Waals surface area contributed by atoms with Crippen molar-refractivity contribution in [2.75, 3.05) is 0 Å². The van der Waals surface area contributed by atoms with E-state index in [1.165, 1.54) is 12.6 Å². The standard InChI is InChI=1S/C30H39BClN3O4/c1-18(2)13-25(31-38-27-23-14-21(29(23,3)4)16-30(27,5)39-31)35-26(36)15-24(19-8-10-22(32)11-9-19)34-28(37)20-7-6-12-33-17-20/h6-12,17-18,21,23-25,27H,13-16H2,1-5H3,(H,34,37)(H,35,36)/t21?,23?,24?,25-,27-,30-/m0/s1. The smallest absolute Gasteiger partial charge is 0.404 e. The predicted molar refractivity (Wildman–Crippen MR) is 152 cm³/mol. The van der Waals surface area contributed by atoms with E-state index in [0.29, 0.717) is 28.3 Å². The van der Waals surface area contributed by atoms with Crippen LogP contribution in [0.2, 0.25) is 5.02 Å². The van der Waals surface area contributed by atoms with Gasteiger partial charge in [0, 0.05) is 17.4 Å². The highest BCUT2D eigenvalue weighted by atomic mass is 35.5. The minimum atomic E-state index is -0.548. The maximum atomic E-state index is 13.5. The van der Waals surface area contributed by atoms with E-state index >= 15 is 0 Å². The maximum Gasteiger partial charge on any atom is 0.481 e. The maximum absolute atomic E-state index is 13.5. The van der Waals surface area contributed by atoms with E-state index in [1.807, 2.05) is 12.1 Å². The van der Waals surface area contributed by atoms with Crippen molar-refractivity contribution in [1.82, 2.24) is 15.6 Å². The number of rotatable bonds is 9. The van der Waals surface area contributed by atoms with Gasteiger partial charge in [-0.3, -0.25) is 14.6 Å². The summed E-state index contributed by atoms with van der Waals surface area (Å²) in [7, 11) is -0.500. The molecule has 3 aliphatic carbocycles. The zero-order valence-corrected chi connectivity index (χ0v) is 24.2. The van der Waals surface area contributed by atoms with Gasteiger partial charge in [-0.15, -0.1) is 0 Å². The molecule has 0 radical (unpaired) electrons. The number of carbonyl (C=O) groups excluding carboxylic acids is 2. The molecule has 2 bridgehead atoms. The van der Waals surface area contributed by atoms with Crippen molar-refractivity contribution in [2.45, 2.75) is 84.0 Å². The van der Waals surface area contributed by atoms with Crippen molar-refractivity contribution < 1.29 is 18.9 Å². The van der Waals surface area contributed by atoms with Gasteiger partial charge in [0.15, 0.2) is 0 Å². The molecule has 208 valence electrons. The molecule has 6 atom stereocenters. The quantitative estimate of drug-likeness (QED) is 0.408. The molecule has 2 aromatic rings. The number of nitrogens with one attached hydrogen (secondary N) is 2. The van der Waals surface area contributed by atoms with Crippen LogP contribution in [-0.2, 0) is 14.1 Å². The molecule has 6 rings (SSSR count). The molecule has 3 unspecified atom stereocenters. The molecule has 4 aliphatic rings. The summed E-state index contributed by atoms with van der Waals surface area (Å²) in [5, 5.41) is 6.80. The van der Waals surface area contributed by atoms with Gasteiger partial charge in [-0.05, 0) is 79.2 Å². The van der Waals surface area contributed by atoms with Crippen LogP contribution >= 0.6 is 11.6 Å². The topological polar surface area (TPSA) is 89.6 Å². The first-order valence-electron chi connectivity index (χ1n) is 14.1. The number of aromatic nitrogens is 1. The van der Waals surface area contributed by atoms with Crippen LogP contribution in [0.15, 0.2) is 48.8 Å². The molecule has 2 N–H and O–H groups in total. The molecule has 0 spiro atoms. The lowest BCUT2D eigenvalue weighted by molar-refractivity contribution is -0.185. The molecule has 2 amide bonds. The third-order valence-corrected chi connectivity index (χ3v) is 9.37. The van der Waals surface area contributed by atoms with E-state index in [2.05, 4.69) is 50.2 Å². The lowest BCUT2D eigenvalue weighted by atomic mass is 9.45. The fraction of sp³-hybridized carbons (Fsp3) is 0.567. The highest BCUT2D eigenvalue weighted by Crippen LogP contribution is 2.64. The van der Waals surface area contributed by atoms with Crippen LogP contribution in [0.4, 0.5) is 0 Å². The summed E-state index contributed by atoms with van der Waals surface area (Å²) in [6.45, 7) is 11.1. The highest BCUT2D eigenvalue weighted by Gasteiger charge is 2.67. The van der Waals surface area contributed by atoms with Crippen LogP contribution in [-0.4, -0.2) is 41.6 Å². The molecule has 39 heavy (non-hydrogen) atoms. The molecule has 7 nitrogen and oxygen atoms in total. The molecule has 3 saturated carbocycles. The minimum Gasteiger partial charge on any atom is -0.404 e. The summed E-state index contributed by atoms with van der Waals surface area (Å²) in [5.74, 6) is 0.687. The molecule has 1 aromatic heterocycles. The average molecular weight is 552 g/mol. The second-order valence-electron chi connectivity index (χ2n) is 12.7. The summed E-state index contributed by atoms with van der Waals surface area (Å²) in [5.41, 5.74) is 1.16. The molecule has 1 aliphatic heterocycles. The van der Waals surface area contributed by atoms with Gasteiger partial charge >= 0.3 is 7.12 Å². The first-order chi connectivity index (χ1) is 18.5. The lowest BCUT2D eigenvalue weighted by Gasteiger charge is -2.63. The Labute approximate surface area is 236 Å². The monoisotopic (exact) mass is 551 g/mol. The molecule has 4 fully saturated rings. The number of hydrogen-bond donors (Lipinski definition) is 2. The van der Waals surface area contributed by atoms with Crippen molar-refractivity contribution in [2.24, 2.45) is 23.2 Å². The third-order valence-electron chi connectivity index (χ3n) is 9.12. The van der Waals surface area contributed by atoms with Crippen molar-refractivity contribution >= 4 is 30.5 Å². The normalized spacial score (nSPS) is 28.3. The van der Waals surface area contributed by atoms with E-state index in [0.717, 1.165) is 18.4 Å². The van der Waals surface area contributed by atoms with Gasteiger partial charge in [-0.1, -0.05) is 51.4 Å². The van der Waals surface area contributed by atoms with Crippen LogP contribution < -0.4 is 10.6 Å². The number of pyridine rings is 1. The Morgan fingerprint density at radius 1 is 1.15 bits per heavy atom. The molecule has 1 aromatic carbocycles. The number of halogens is 1. The number of amides is 2. The highest BCUT2D eigenvalue weighted by molar-refractivity contribution is 6.47. The summed E-state index contributed by atoms with van der Waals surface area (Å²) in [4.78, 5) is 30.5. The Bertz CT molecular complexity index is 1190. The summed E-state index contributed by atoms with van der Waals surface area (Å²) in [6, 6.07) is 10.0. The van der Waals surface area contributed by atoms with Crippen LogP contribution in [0.1, 0.15) is 82.3 Å². The van der Waals surface area contributed by atoms with E-state index in [9.17, 15) is 9.59 Å². The van der Waals surface area contributed by atoms with Gasteiger partial charge in [-0.2, -0.15) is 0 Å². The summed E-state index contributed by atoms with van der Waals surface area (Å²) >= 11 is 6.10. The Kier molecular flexibility index (Phi) is 7.84. The zero-order valence-electron chi connectivity index (χ0n) is 23.4. The molecule has 1 saturated heterocycles. The van der Waals surface area contributed by atoms with E-state index < -0.39 is 13.2 Å². The molecule has 2 heterocycles. The van der Waals surface area contributed by atoms with Crippen molar-refractivity contribution in [3.8, 4) is 0 Å². The lowest BCUT2D eigenvalue weighted by Crippen LogP contribution is -2.63. The zero-order chi connectivity index (χ0) is 27.9. The Hall–Kier alpha value is -2.42. The van der Waals surface area contributed by atoms with E-state index in [-0.39, 0.29) is 41.3 Å². The van der Waals surface area contributed by atoms with Crippen LogP contribution in [0, 0.1) is 23.2 Å². The van der Waals surface area contributed by atoms with Crippen molar-refractivity contribution in [3.63, 3.8) is 0 Å². The van der Waals surface area contributed by atoms with Gasteiger partial charge in [0.25, 0.3) is 5.91 Å². The number of hydrogen-bond acceptors (Lipinski definition) is 5. The second-order valence-corrected chi connectivity index (χ2v) is 13.2. The van der Waals surface area contributed by atoms with Crippen molar-refractivity contribution in [1.29, 1.82) is 0 Å². The average Bonchev–Trinajstić information content (AvgIpc) is 3.26. The first kappa shape index (κ1) is 28.1. The van der Waals surface area contributed by atoms with Gasteiger partial charge in [0.1, 0.15) is 0 Å². The van der Waals surface area contributed by atoms with Gasteiger partial charge in [0.05, 0.1) is 35.7 Å². The fourth-order valence-corrected chi connectivity index (χ4v) is 6.92. The Balaban J connectivity index is 1.30. The Morgan fingerprint density at radius 2 is 1.90 bits per heavy atom. The predicted octanol–water partition coefficient (Wildman–Crippen LogP) is 5.39. The van der Waals surface area contributed by atoms with Gasteiger partial charge < -0.3 is 19.9 Å². The van der Waals surface area contributed by atoms with Crippen molar-refractivity contribution in [3.05, 3.63) is 64.9 Å². The number of benzene rings is 1. The van der Waals surface area contributed by atoms with Gasteiger partial charge in [-0.25, -0.2) is 0 Å². The van der Waals surface area contributed by atoms with Crippen LogP contribution in [0.25, 0.3) is 0 Å². The van der Waals surface area contributed by atoms with Crippen LogP contribution in [0.5, 0.6) is 0 Å². The van der Waals surface area contributed by atoms with E-state index in [1.54, 1.807) is 30.5 Å². The largest absolute Gasteiger partial charge is 0.481 e. The van der Waals surface area contributed by atoms with Gasteiger partial charge in [0.2, 0.25) is 5.91 Å². The SMILES string of the molecule is CC(C)C[C@H](NC(=O)CC(NC(=O)c1cccnc1)c1ccc(Cl)cc1)B1O[C@H]2C3CC(C[C@]2(C)O1)C3(C)C. The number of carbonyl (C=O) groups is 2. The minimum absolute atomic E-state index is 0.0367. The van der Waals surface area contributed by atoms with Crippen LogP contribution in [0.3, 0.4) is 0 Å². The van der Waals surface area contributed by atoms with E-state index in [4.69, 9.17) is 20.9 Å². The summed E-state index contributed by atoms with van der Waals surface area (Å²) in [6.07, 6.45) is 6.12. The molecule has 9 heteroatoms. The summed E-state index contributed by atoms with van der Waals surface area (Å²) < 4.78 is 13.2. The Morgan fingerprint density at radius 3 is 2.54 bits per heavy atom.